The molecule has 100 valence electrons. The van der Waals surface area contributed by atoms with Crippen molar-refractivity contribution in [3.63, 3.8) is 0 Å². The summed E-state index contributed by atoms with van der Waals surface area (Å²) >= 11 is 5.02. The van der Waals surface area contributed by atoms with Gasteiger partial charge in [0.15, 0.2) is 5.82 Å². The Balaban J connectivity index is 2.50. The van der Waals surface area contributed by atoms with E-state index < -0.39 is 0 Å². The van der Waals surface area contributed by atoms with Crippen LogP contribution in [0.1, 0.15) is 16.8 Å². The molecule has 0 aromatic carbocycles. The molecule has 2 amide bonds. The van der Waals surface area contributed by atoms with Gasteiger partial charge in [-0.3, -0.25) is 14.9 Å². The third kappa shape index (κ3) is 2.53. The molecule has 1 aliphatic heterocycles. The van der Waals surface area contributed by atoms with Gasteiger partial charge in [0.2, 0.25) is 11.8 Å². The first-order chi connectivity index (χ1) is 8.90. The van der Waals surface area contributed by atoms with E-state index in [9.17, 15) is 9.59 Å². The van der Waals surface area contributed by atoms with Crippen LogP contribution in [0.3, 0.4) is 0 Å². The number of piperazine rings is 1. The topological polar surface area (TPSA) is 101 Å². The standard InChI is InChI=1S/C11H13N5O2S/c1-5-6(2)14-15-11(9(5)10(12)19)16-3-7(17)13-8(18)4-16/h3-4H2,1-2H3,(H2,12,19)(H,13,17,18). The highest BCUT2D eigenvalue weighted by atomic mass is 32.1. The summed E-state index contributed by atoms with van der Waals surface area (Å²) in [5, 5.41) is 10.2. The first-order valence-electron chi connectivity index (χ1n) is 5.61. The number of carbonyl (C=O) groups excluding carboxylic acids is 2. The lowest BCUT2D eigenvalue weighted by Crippen LogP contribution is -2.52. The molecule has 1 aliphatic rings. The van der Waals surface area contributed by atoms with E-state index in [1.54, 1.807) is 6.92 Å². The first kappa shape index (κ1) is 13.3. The van der Waals surface area contributed by atoms with Crippen LogP contribution in [0.25, 0.3) is 0 Å². The van der Waals surface area contributed by atoms with Crippen LogP contribution in [0.4, 0.5) is 5.82 Å². The average Bonchev–Trinajstić information content (AvgIpc) is 2.30. The molecule has 8 heteroatoms. The maximum atomic E-state index is 11.4. The quantitative estimate of drug-likeness (QED) is 0.539. The minimum absolute atomic E-state index is 0.0263. The third-order valence-electron chi connectivity index (χ3n) is 2.93. The molecular formula is C11H13N5O2S. The summed E-state index contributed by atoms with van der Waals surface area (Å²) in [5.41, 5.74) is 7.78. The fraction of sp³-hybridized carbons (Fsp3) is 0.364. The predicted molar refractivity (Wildman–Crippen MR) is 72.8 cm³/mol. The van der Waals surface area contributed by atoms with E-state index in [0.717, 1.165) is 5.56 Å². The van der Waals surface area contributed by atoms with Gasteiger partial charge in [-0.25, -0.2) is 0 Å². The van der Waals surface area contributed by atoms with Crippen molar-refractivity contribution in [1.29, 1.82) is 0 Å². The van der Waals surface area contributed by atoms with Gasteiger partial charge in [-0.1, -0.05) is 12.2 Å². The number of nitrogens with two attached hydrogens (primary N) is 1. The lowest BCUT2D eigenvalue weighted by atomic mass is 10.1. The van der Waals surface area contributed by atoms with Gasteiger partial charge in [-0.05, 0) is 19.4 Å². The molecule has 7 nitrogen and oxygen atoms in total. The number of nitrogens with one attached hydrogen (secondary N) is 1. The zero-order valence-electron chi connectivity index (χ0n) is 10.6. The summed E-state index contributed by atoms with van der Waals surface area (Å²) in [5.74, 6) is -0.394. The van der Waals surface area contributed by atoms with Gasteiger partial charge >= 0.3 is 0 Å². The van der Waals surface area contributed by atoms with Crippen molar-refractivity contribution in [1.82, 2.24) is 15.5 Å². The SMILES string of the molecule is Cc1nnc(N2CC(=O)NC(=O)C2)c(C(N)=S)c1C. The number of anilines is 1. The molecule has 1 aromatic rings. The fourth-order valence-corrected chi connectivity index (χ4v) is 2.14. The summed E-state index contributed by atoms with van der Waals surface area (Å²) in [6.45, 7) is 3.67. The Kier molecular flexibility index (Phi) is 3.43. The second kappa shape index (κ2) is 4.88. The molecular weight excluding hydrogens is 266 g/mol. The van der Waals surface area contributed by atoms with Crippen LogP contribution in [0, 0.1) is 13.8 Å². The van der Waals surface area contributed by atoms with Crippen molar-refractivity contribution in [2.45, 2.75) is 13.8 Å². The molecule has 0 saturated carbocycles. The maximum Gasteiger partial charge on any atom is 0.246 e. The number of imide groups is 1. The van der Waals surface area contributed by atoms with Gasteiger partial charge in [-0.2, -0.15) is 5.10 Å². The second-order valence-electron chi connectivity index (χ2n) is 4.30. The fourth-order valence-electron chi connectivity index (χ4n) is 1.90. The summed E-state index contributed by atoms with van der Waals surface area (Å²) in [6.07, 6.45) is 0. The van der Waals surface area contributed by atoms with E-state index in [-0.39, 0.29) is 29.9 Å². The molecule has 0 bridgehead atoms. The summed E-state index contributed by atoms with van der Waals surface area (Å²) < 4.78 is 0. The minimum Gasteiger partial charge on any atom is -0.389 e. The number of nitrogens with zero attached hydrogens (tertiary/aromatic N) is 3. The van der Waals surface area contributed by atoms with Gasteiger partial charge < -0.3 is 10.6 Å². The van der Waals surface area contributed by atoms with E-state index in [0.29, 0.717) is 17.1 Å². The molecule has 0 unspecified atom stereocenters. The summed E-state index contributed by atoms with van der Waals surface area (Å²) in [4.78, 5) is 24.5. The first-order valence-corrected chi connectivity index (χ1v) is 6.02. The van der Waals surface area contributed by atoms with Crippen molar-refractivity contribution in [3.05, 3.63) is 16.8 Å². The summed E-state index contributed by atoms with van der Waals surface area (Å²) in [6, 6.07) is 0. The Morgan fingerprint density at radius 2 is 1.84 bits per heavy atom. The van der Waals surface area contributed by atoms with Crippen molar-refractivity contribution >= 4 is 34.8 Å². The van der Waals surface area contributed by atoms with E-state index in [1.165, 1.54) is 4.90 Å². The zero-order chi connectivity index (χ0) is 14.2. The van der Waals surface area contributed by atoms with Gasteiger partial charge in [0.05, 0.1) is 24.3 Å². The summed E-state index contributed by atoms with van der Waals surface area (Å²) in [7, 11) is 0. The maximum absolute atomic E-state index is 11.4. The van der Waals surface area contributed by atoms with Gasteiger partial charge in [-0.15, -0.1) is 5.10 Å². The van der Waals surface area contributed by atoms with E-state index in [2.05, 4.69) is 15.5 Å². The molecule has 1 aromatic heterocycles. The number of hydrogen-bond donors (Lipinski definition) is 2. The lowest BCUT2D eigenvalue weighted by Gasteiger charge is -2.28. The average molecular weight is 279 g/mol. The normalized spacial score (nSPS) is 15.4. The second-order valence-corrected chi connectivity index (χ2v) is 4.74. The Labute approximate surface area is 115 Å². The van der Waals surface area contributed by atoms with Crippen LogP contribution >= 0.6 is 12.2 Å². The number of aryl methyl sites for hydroxylation is 1. The van der Waals surface area contributed by atoms with E-state index in [4.69, 9.17) is 18.0 Å². The molecule has 0 atom stereocenters. The van der Waals surface area contributed by atoms with E-state index in [1.807, 2.05) is 6.92 Å². The van der Waals surface area contributed by atoms with Gasteiger partial charge in [0.25, 0.3) is 0 Å². The Morgan fingerprint density at radius 3 is 2.37 bits per heavy atom. The highest BCUT2D eigenvalue weighted by Crippen LogP contribution is 2.22. The highest BCUT2D eigenvalue weighted by Gasteiger charge is 2.27. The number of hydrogen-bond acceptors (Lipinski definition) is 6. The molecule has 1 fully saturated rings. The van der Waals surface area contributed by atoms with Crippen molar-refractivity contribution < 1.29 is 9.59 Å². The number of rotatable bonds is 2. The largest absolute Gasteiger partial charge is 0.389 e. The smallest absolute Gasteiger partial charge is 0.246 e. The zero-order valence-corrected chi connectivity index (χ0v) is 11.4. The Morgan fingerprint density at radius 1 is 1.26 bits per heavy atom. The number of thiocarbonyl (C=S) groups is 1. The van der Waals surface area contributed by atoms with Crippen LogP contribution < -0.4 is 16.0 Å². The highest BCUT2D eigenvalue weighted by molar-refractivity contribution is 7.80. The van der Waals surface area contributed by atoms with E-state index >= 15 is 0 Å². The van der Waals surface area contributed by atoms with Crippen molar-refractivity contribution in [2.24, 2.45) is 5.73 Å². The Bertz CT molecular complexity index is 571. The van der Waals surface area contributed by atoms with Crippen molar-refractivity contribution in [3.8, 4) is 0 Å². The van der Waals surface area contributed by atoms with Crippen LogP contribution in [0.15, 0.2) is 0 Å². The predicted octanol–water partition coefficient (Wildman–Crippen LogP) is -0.810. The molecule has 1 saturated heterocycles. The number of aromatic nitrogens is 2. The van der Waals surface area contributed by atoms with Gasteiger partial charge in [0, 0.05) is 0 Å². The molecule has 0 aliphatic carbocycles. The molecule has 19 heavy (non-hydrogen) atoms. The molecule has 3 N–H and O–H groups in total. The third-order valence-corrected chi connectivity index (χ3v) is 3.13. The molecule has 2 rings (SSSR count). The van der Waals surface area contributed by atoms with Gasteiger partial charge in [0.1, 0.15) is 4.99 Å². The van der Waals surface area contributed by atoms with Crippen LogP contribution in [-0.2, 0) is 9.59 Å². The van der Waals surface area contributed by atoms with Crippen LogP contribution in [0.2, 0.25) is 0 Å². The molecule has 2 heterocycles. The van der Waals surface area contributed by atoms with Crippen molar-refractivity contribution in [2.75, 3.05) is 18.0 Å². The van der Waals surface area contributed by atoms with Crippen LogP contribution in [0.5, 0.6) is 0 Å². The molecule has 0 spiro atoms. The monoisotopic (exact) mass is 279 g/mol. The lowest BCUT2D eigenvalue weighted by molar-refractivity contribution is -0.130. The number of carbonyl (C=O) groups is 2. The minimum atomic E-state index is -0.384. The van der Waals surface area contributed by atoms with Crippen LogP contribution in [-0.4, -0.2) is 40.1 Å². The Hall–Kier alpha value is -2.09. The number of amides is 2. The molecule has 0 radical (unpaired) electrons.